The Balaban J connectivity index is 1.29. The summed E-state index contributed by atoms with van der Waals surface area (Å²) in [7, 11) is 0. The van der Waals surface area contributed by atoms with Gasteiger partial charge in [-0.2, -0.15) is 0 Å². The van der Waals surface area contributed by atoms with Crippen LogP contribution >= 0.6 is 0 Å². The molecule has 37 heavy (non-hydrogen) atoms. The number of piperidine rings is 1. The lowest BCUT2D eigenvalue weighted by molar-refractivity contribution is 0.0568. The van der Waals surface area contributed by atoms with Gasteiger partial charge in [-0.05, 0) is 92.9 Å². The van der Waals surface area contributed by atoms with Crippen LogP contribution in [0.3, 0.4) is 0 Å². The SMILES string of the molecule is CCC(F)(CC)CN1CCC(COc2ccc(-c3ccc(C(=O)N4CCCC4CO)c(F)c3)cc2)CC1. The Labute approximate surface area is 219 Å². The highest BCUT2D eigenvalue weighted by Crippen LogP contribution is 2.28. The molecule has 0 aliphatic carbocycles. The summed E-state index contributed by atoms with van der Waals surface area (Å²) >= 11 is 0. The molecule has 2 aliphatic heterocycles. The summed E-state index contributed by atoms with van der Waals surface area (Å²) in [4.78, 5) is 16.6. The third kappa shape index (κ3) is 6.68. The first-order valence-electron chi connectivity index (χ1n) is 13.7. The quantitative estimate of drug-likeness (QED) is 0.441. The van der Waals surface area contributed by atoms with Gasteiger partial charge in [0.1, 0.15) is 17.2 Å². The molecule has 2 heterocycles. The summed E-state index contributed by atoms with van der Waals surface area (Å²) in [5, 5.41) is 9.48. The van der Waals surface area contributed by atoms with Crippen LogP contribution in [0.1, 0.15) is 62.7 Å². The molecule has 1 amide bonds. The van der Waals surface area contributed by atoms with Crippen LogP contribution in [0.5, 0.6) is 5.75 Å². The fourth-order valence-electron chi connectivity index (χ4n) is 5.46. The molecule has 2 aliphatic rings. The number of likely N-dealkylation sites (tertiary alicyclic amines) is 2. The molecule has 2 aromatic carbocycles. The Morgan fingerprint density at radius 3 is 2.32 bits per heavy atom. The molecule has 2 fully saturated rings. The molecule has 202 valence electrons. The minimum Gasteiger partial charge on any atom is -0.493 e. The molecule has 4 rings (SSSR count). The summed E-state index contributed by atoms with van der Waals surface area (Å²) in [6.07, 6.45) is 4.68. The second-order valence-corrected chi connectivity index (χ2v) is 10.6. The maximum absolute atomic E-state index is 14.9. The van der Waals surface area contributed by atoms with E-state index >= 15 is 0 Å². The van der Waals surface area contributed by atoms with E-state index in [1.165, 1.54) is 12.1 Å². The van der Waals surface area contributed by atoms with Gasteiger partial charge >= 0.3 is 0 Å². The minimum absolute atomic E-state index is 0.0386. The molecule has 0 aromatic heterocycles. The van der Waals surface area contributed by atoms with Crippen LogP contribution in [-0.4, -0.2) is 71.9 Å². The van der Waals surface area contributed by atoms with E-state index in [0.29, 0.717) is 44.0 Å². The van der Waals surface area contributed by atoms with Crippen molar-refractivity contribution in [2.24, 2.45) is 5.92 Å². The highest BCUT2D eigenvalue weighted by molar-refractivity contribution is 5.95. The molecule has 1 atom stereocenters. The van der Waals surface area contributed by atoms with Crippen molar-refractivity contribution in [1.82, 2.24) is 9.80 Å². The summed E-state index contributed by atoms with van der Waals surface area (Å²) < 4.78 is 35.6. The first-order chi connectivity index (χ1) is 17.9. The van der Waals surface area contributed by atoms with Gasteiger partial charge in [0.05, 0.1) is 24.8 Å². The van der Waals surface area contributed by atoms with E-state index in [4.69, 9.17) is 4.74 Å². The van der Waals surface area contributed by atoms with Crippen molar-refractivity contribution in [2.75, 3.05) is 39.4 Å². The summed E-state index contributed by atoms with van der Waals surface area (Å²) in [5.74, 6) is 0.297. The average molecular weight is 515 g/mol. The van der Waals surface area contributed by atoms with Gasteiger partial charge in [-0.1, -0.05) is 32.0 Å². The molecule has 1 unspecified atom stereocenters. The second-order valence-electron chi connectivity index (χ2n) is 10.6. The fourth-order valence-corrected chi connectivity index (χ4v) is 5.46. The van der Waals surface area contributed by atoms with E-state index in [1.54, 1.807) is 11.0 Å². The molecule has 2 saturated heterocycles. The lowest BCUT2D eigenvalue weighted by Gasteiger charge is -2.36. The number of aliphatic hydroxyl groups excluding tert-OH is 1. The molecule has 0 radical (unpaired) electrons. The van der Waals surface area contributed by atoms with Crippen molar-refractivity contribution in [1.29, 1.82) is 0 Å². The van der Waals surface area contributed by atoms with Crippen molar-refractivity contribution >= 4 is 5.91 Å². The number of nitrogens with zero attached hydrogens (tertiary/aromatic N) is 2. The largest absolute Gasteiger partial charge is 0.493 e. The number of ether oxygens (including phenoxy) is 1. The van der Waals surface area contributed by atoms with Crippen LogP contribution in [0.2, 0.25) is 0 Å². The van der Waals surface area contributed by atoms with Crippen molar-refractivity contribution in [3.05, 3.63) is 53.8 Å². The number of hydrogen-bond donors (Lipinski definition) is 1. The van der Waals surface area contributed by atoms with Crippen LogP contribution in [-0.2, 0) is 0 Å². The molecule has 5 nitrogen and oxygen atoms in total. The number of amides is 1. The highest BCUT2D eigenvalue weighted by Gasteiger charge is 2.31. The Bertz CT molecular complexity index is 1030. The fraction of sp³-hybridized carbons (Fsp3) is 0.567. The Kier molecular flexibility index (Phi) is 9.19. The van der Waals surface area contributed by atoms with E-state index in [2.05, 4.69) is 4.90 Å². The van der Waals surface area contributed by atoms with Crippen LogP contribution in [0, 0.1) is 11.7 Å². The van der Waals surface area contributed by atoms with Crippen LogP contribution in [0.15, 0.2) is 42.5 Å². The van der Waals surface area contributed by atoms with Gasteiger partial charge in [-0.3, -0.25) is 4.79 Å². The van der Waals surface area contributed by atoms with Gasteiger partial charge in [0.25, 0.3) is 5.91 Å². The predicted molar refractivity (Wildman–Crippen MR) is 142 cm³/mol. The Morgan fingerprint density at radius 2 is 1.70 bits per heavy atom. The lowest BCUT2D eigenvalue weighted by Crippen LogP contribution is -2.44. The van der Waals surface area contributed by atoms with E-state index in [-0.39, 0.29) is 24.1 Å². The van der Waals surface area contributed by atoms with Gasteiger partial charge < -0.3 is 19.6 Å². The van der Waals surface area contributed by atoms with Crippen molar-refractivity contribution in [2.45, 2.75) is 64.1 Å². The molecule has 2 aromatic rings. The topological polar surface area (TPSA) is 53.0 Å². The molecule has 7 heteroatoms. The normalized spacial score (nSPS) is 19.4. The number of carbonyl (C=O) groups is 1. The van der Waals surface area contributed by atoms with E-state index in [1.807, 2.05) is 38.1 Å². The number of alkyl halides is 1. The number of carbonyl (C=O) groups excluding carboxylic acids is 1. The van der Waals surface area contributed by atoms with Crippen LogP contribution < -0.4 is 4.74 Å². The maximum atomic E-state index is 14.9. The van der Waals surface area contributed by atoms with Gasteiger partial charge in [0.15, 0.2) is 0 Å². The van der Waals surface area contributed by atoms with Gasteiger partial charge in [-0.15, -0.1) is 0 Å². The zero-order valence-corrected chi connectivity index (χ0v) is 22.1. The van der Waals surface area contributed by atoms with E-state index in [9.17, 15) is 18.7 Å². The van der Waals surface area contributed by atoms with Gasteiger partial charge in [-0.25, -0.2) is 8.78 Å². The highest BCUT2D eigenvalue weighted by atomic mass is 19.1. The van der Waals surface area contributed by atoms with Crippen molar-refractivity contribution < 1.29 is 23.4 Å². The Morgan fingerprint density at radius 1 is 1.03 bits per heavy atom. The molecular weight excluding hydrogens is 474 g/mol. The molecular formula is C30H40F2N2O3. The number of benzene rings is 2. The summed E-state index contributed by atoms with van der Waals surface area (Å²) in [5.41, 5.74) is 0.489. The lowest BCUT2D eigenvalue weighted by atomic mass is 9.94. The molecule has 0 bridgehead atoms. The molecule has 0 saturated carbocycles. The average Bonchev–Trinajstić information content (AvgIpc) is 3.41. The monoisotopic (exact) mass is 514 g/mol. The zero-order chi connectivity index (χ0) is 26.4. The third-order valence-electron chi connectivity index (χ3n) is 8.20. The Hall–Kier alpha value is -2.51. The van der Waals surface area contributed by atoms with E-state index < -0.39 is 11.5 Å². The third-order valence-corrected chi connectivity index (χ3v) is 8.20. The van der Waals surface area contributed by atoms with Crippen LogP contribution in [0.4, 0.5) is 8.78 Å². The molecule has 1 N–H and O–H groups in total. The van der Waals surface area contributed by atoms with Gasteiger partial charge in [0.2, 0.25) is 0 Å². The van der Waals surface area contributed by atoms with Crippen molar-refractivity contribution in [3.63, 3.8) is 0 Å². The van der Waals surface area contributed by atoms with E-state index in [0.717, 1.165) is 50.1 Å². The standard InChI is InChI=1S/C30H40F2N2O3/c1-3-30(32,4-2)21-33-16-13-22(14-17-33)20-37-26-10-7-23(8-11-26)24-9-12-27(28(31)18-24)29(36)34-15-5-6-25(34)19-35/h7-12,18,22,25,35H,3-6,13-17,19-21H2,1-2H3. The predicted octanol–water partition coefficient (Wildman–Crippen LogP) is 5.71. The van der Waals surface area contributed by atoms with Crippen LogP contribution in [0.25, 0.3) is 11.1 Å². The second kappa shape index (κ2) is 12.4. The summed E-state index contributed by atoms with van der Waals surface area (Å²) in [6, 6.07) is 12.0. The van der Waals surface area contributed by atoms with Crippen molar-refractivity contribution in [3.8, 4) is 16.9 Å². The number of hydrogen-bond acceptors (Lipinski definition) is 4. The maximum Gasteiger partial charge on any atom is 0.257 e. The van der Waals surface area contributed by atoms with Gasteiger partial charge in [0, 0.05) is 13.1 Å². The minimum atomic E-state index is -1.08. The number of aliphatic hydroxyl groups is 1. The molecule has 0 spiro atoms. The first-order valence-corrected chi connectivity index (χ1v) is 13.7. The number of halogens is 2. The summed E-state index contributed by atoms with van der Waals surface area (Å²) in [6.45, 7) is 7.25. The smallest absolute Gasteiger partial charge is 0.257 e. The zero-order valence-electron chi connectivity index (χ0n) is 22.1. The first kappa shape index (κ1) is 27.5. The number of rotatable bonds is 10.